The summed E-state index contributed by atoms with van der Waals surface area (Å²) in [6.07, 6.45) is 13.8. The summed E-state index contributed by atoms with van der Waals surface area (Å²) in [7, 11) is 0. The molecule has 5 aromatic rings. The van der Waals surface area contributed by atoms with Gasteiger partial charge in [-0.05, 0) is 115 Å². The second-order valence-electron chi connectivity index (χ2n) is 11.2. The van der Waals surface area contributed by atoms with Crippen LogP contribution in [0.2, 0.25) is 0 Å². The zero-order valence-electron chi connectivity index (χ0n) is 25.2. The van der Waals surface area contributed by atoms with E-state index in [2.05, 4.69) is 124 Å². The quantitative estimate of drug-likeness (QED) is 0.157. The van der Waals surface area contributed by atoms with Gasteiger partial charge < -0.3 is 0 Å². The molecule has 4 heteroatoms. The molecular formula is C39H38N2S2. The van der Waals surface area contributed by atoms with Crippen LogP contribution in [-0.4, -0.2) is 16.7 Å². The van der Waals surface area contributed by atoms with Gasteiger partial charge in [0.1, 0.15) is 0 Å². The maximum Gasteiger partial charge on any atom is 0.0887 e. The molecule has 4 heterocycles. The Morgan fingerprint density at radius 1 is 0.744 bits per heavy atom. The Bertz CT molecular complexity index is 1760. The van der Waals surface area contributed by atoms with Gasteiger partial charge >= 0.3 is 0 Å². The SMILES string of the molecule is CCc1ccc(-c2ccc(/C=C/c3ccnc(C4=NC(C)CC(CCc5ccc(-c6ccc(CC)cc6)s5)=C4)c3)s2)cc1. The molecule has 0 fully saturated rings. The minimum atomic E-state index is 0.267. The van der Waals surface area contributed by atoms with Crippen molar-refractivity contribution in [3.05, 3.63) is 135 Å². The van der Waals surface area contributed by atoms with Gasteiger partial charge in [-0.15, -0.1) is 22.7 Å². The van der Waals surface area contributed by atoms with Crippen molar-refractivity contribution < 1.29 is 0 Å². The summed E-state index contributed by atoms with van der Waals surface area (Å²) in [6.45, 7) is 6.61. The summed E-state index contributed by atoms with van der Waals surface area (Å²) in [6, 6.07) is 31.4. The molecule has 1 unspecified atom stereocenters. The highest BCUT2D eigenvalue weighted by Crippen LogP contribution is 2.32. The lowest BCUT2D eigenvalue weighted by atomic mass is 9.96. The topological polar surface area (TPSA) is 25.2 Å². The number of dihydropyridines is 1. The molecule has 0 saturated carbocycles. The minimum Gasteiger partial charge on any atom is -0.280 e. The van der Waals surface area contributed by atoms with Crippen molar-refractivity contribution >= 4 is 40.5 Å². The first-order valence-electron chi connectivity index (χ1n) is 15.3. The highest BCUT2D eigenvalue weighted by atomic mass is 32.1. The average molecular weight is 599 g/mol. The Labute approximate surface area is 264 Å². The summed E-state index contributed by atoms with van der Waals surface area (Å²) < 4.78 is 0. The van der Waals surface area contributed by atoms with E-state index in [4.69, 9.17) is 9.98 Å². The number of thiophene rings is 2. The number of hydrogen-bond donors (Lipinski definition) is 0. The van der Waals surface area contributed by atoms with Gasteiger partial charge in [0.25, 0.3) is 0 Å². The molecule has 0 radical (unpaired) electrons. The Kier molecular flexibility index (Phi) is 9.26. The summed E-state index contributed by atoms with van der Waals surface area (Å²) >= 11 is 3.74. The normalized spacial score (nSPS) is 15.1. The number of pyridine rings is 1. The van der Waals surface area contributed by atoms with E-state index in [0.29, 0.717) is 0 Å². The first kappa shape index (κ1) is 29.2. The largest absolute Gasteiger partial charge is 0.280 e. The van der Waals surface area contributed by atoms with E-state index in [1.165, 1.54) is 47.3 Å². The van der Waals surface area contributed by atoms with Crippen LogP contribution < -0.4 is 0 Å². The molecule has 3 aromatic heterocycles. The third-order valence-corrected chi connectivity index (χ3v) is 10.3. The van der Waals surface area contributed by atoms with Crippen molar-refractivity contribution in [3.63, 3.8) is 0 Å². The van der Waals surface area contributed by atoms with Crippen LogP contribution in [0.3, 0.4) is 0 Å². The second-order valence-corrected chi connectivity index (χ2v) is 13.5. The van der Waals surface area contributed by atoms with Crippen molar-refractivity contribution in [2.45, 2.75) is 58.9 Å². The lowest BCUT2D eigenvalue weighted by Gasteiger charge is -2.18. The van der Waals surface area contributed by atoms with Gasteiger partial charge in [0.2, 0.25) is 0 Å². The van der Waals surface area contributed by atoms with Gasteiger partial charge in [0, 0.05) is 25.7 Å². The Balaban J connectivity index is 1.11. The first-order chi connectivity index (χ1) is 21.1. The fourth-order valence-electron chi connectivity index (χ4n) is 5.49. The number of nitrogens with zero attached hydrogens (tertiary/aromatic N) is 2. The monoisotopic (exact) mass is 598 g/mol. The number of hydrogen-bond acceptors (Lipinski definition) is 4. The van der Waals surface area contributed by atoms with Gasteiger partial charge in [0.05, 0.1) is 17.4 Å². The van der Waals surface area contributed by atoms with E-state index < -0.39 is 0 Å². The number of benzene rings is 2. The molecule has 1 aliphatic rings. The molecule has 0 N–H and O–H groups in total. The molecule has 43 heavy (non-hydrogen) atoms. The summed E-state index contributed by atoms with van der Waals surface area (Å²) in [4.78, 5) is 15.0. The molecule has 0 spiro atoms. The maximum absolute atomic E-state index is 4.98. The molecule has 1 aliphatic heterocycles. The first-order valence-corrected chi connectivity index (χ1v) is 17.0. The molecule has 0 saturated heterocycles. The Morgan fingerprint density at radius 3 is 2.12 bits per heavy atom. The van der Waals surface area contributed by atoms with Crippen LogP contribution in [-0.2, 0) is 19.3 Å². The van der Waals surface area contributed by atoms with E-state index in [1.807, 2.05) is 28.9 Å². The summed E-state index contributed by atoms with van der Waals surface area (Å²) in [5.74, 6) is 0. The fourth-order valence-corrected chi connectivity index (χ4v) is 7.42. The van der Waals surface area contributed by atoms with Crippen LogP contribution in [0, 0.1) is 0 Å². The summed E-state index contributed by atoms with van der Waals surface area (Å²) in [5.41, 5.74) is 9.90. The molecule has 216 valence electrons. The number of aryl methyl sites for hydroxylation is 3. The van der Waals surface area contributed by atoms with E-state index in [-0.39, 0.29) is 6.04 Å². The van der Waals surface area contributed by atoms with E-state index in [1.54, 1.807) is 0 Å². The van der Waals surface area contributed by atoms with Crippen molar-refractivity contribution in [2.24, 2.45) is 4.99 Å². The van der Waals surface area contributed by atoms with Crippen LogP contribution in [0.25, 0.3) is 33.0 Å². The van der Waals surface area contributed by atoms with Gasteiger partial charge in [-0.25, -0.2) is 0 Å². The highest BCUT2D eigenvalue weighted by molar-refractivity contribution is 7.16. The fraction of sp³-hybridized carbons (Fsp3) is 0.231. The second kappa shape index (κ2) is 13.6. The molecule has 6 rings (SSSR count). The van der Waals surface area contributed by atoms with Crippen LogP contribution in [0.5, 0.6) is 0 Å². The zero-order valence-corrected chi connectivity index (χ0v) is 26.8. The van der Waals surface area contributed by atoms with Gasteiger partial charge in [-0.2, -0.15) is 0 Å². The number of allylic oxidation sites excluding steroid dienone is 1. The van der Waals surface area contributed by atoms with E-state index in [0.717, 1.165) is 49.1 Å². The minimum absolute atomic E-state index is 0.267. The molecule has 2 aromatic carbocycles. The maximum atomic E-state index is 4.98. The number of aliphatic imine (C=N–C) groups is 1. The van der Waals surface area contributed by atoms with Gasteiger partial charge in [0.15, 0.2) is 0 Å². The molecule has 1 atom stereocenters. The van der Waals surface area contributed by atoms with Crippen molar-refractivity contribution in [3.8, 4) is 20.9 Å². The average Bonchev–Trinajstić information content (AvgIpc) is 3.73. The molecule has 0 aliphatic carbocycles. The van der Waals surface area contributed by atoms with Crippen molar-refractivity contribution in [1.29, 1.82) is 0 Å². The number of rotatable bonds is 10. The molecule has 0 bridgehead atoms. The lowest BCUT2D eigenvalue weighted by Crippen LogP contribution is -2.14. The zero-order chi connectivity index (χ0) is 29.6. The van der Waals surface area contributed by atoms with Crippen LogP contribution in [0.4, 0.5) is 0 Å². The molecular weight excluding hydrogens is 561 g/mol. The van der Waals surface area contributed by atoms with E-state index in [9.17, 15) is 0 Å². The van der Waals surface area contributed by atoms with Crippen molar-refractivity contribution in [2.75, 3.05) is 0 Å². The summed E-state index contributed by atoms with van der Waals surface area (Å²) in [5, 5.41) is 0. The van der Waals surface area contributed by atoms with Gasteiger partial charge in [-0.1, -0.05) is 74.0 Å². The standard InChI is InChI=1S/C39H38N2S2/c1-4-28-6-12-32(13-7-28)38-20-18-34(42-38)16-10-30-22-23-40-36(25-30)37-26-31(24-27(3)41-37)11-17-35-19-21-39(43-35)33-14-8-29(5-2)9-15-33/h6-10,12-16,18-23,25-27H,4-5,11,17,24H2,1-3H3/b16-10+. The molecule has 0 amide bonds. The Morgan fingerprint density at radius 2 is 1.42 bits per heavy atom. The van der Waals surface area contributed by atoms with E-state index >= 15 is 0 Å². The van der Waals surface area contributed by atoms with Gasteiger partial charge in [-0.3, -0.25) is 9.98 Å². The highest BCUT2D eigenvalue weighted by Gasteiger charge is 2.16. The predicted molar refractivity (Wildman–Crippen MR) is 188 cm³/mol. The third-order valence-electron chi connectivity index (χ3n) is 8.02. The molecule has 2 nitrogen and oxygen atoms in total. The number of aromatic nitrogens is 1. The third kappa shape index (κ3) is 7.38. The smallest absolute Gasteiger partial charge is 0.0887 e. The van der Waals surface area contributed by atoms with Crippen LogP contribution in [0.15, 0.2) is 108 Å². The lowest BCUT2D eigenvalue weighted by molar-refractivity contribution is 0.696. The predicted octanol–water partition coefficient (Wildman–Crippen LogP) is 11.0. The van der Waals surface area contributed by atoms with Crippen LogP contribution in [0.1, 0.15) is 65.8 Å². The van der Waals surface area contributed by atoms with Crippen LogP contribution >= 0.6 is 22.7 Å². The van der Waals surface area contributed by atoms with Crippen molar-refractivity contribution in [1.82, 2.24) is 4.98 Å². The Hall–Kier alpha value is -3.86.